The van der Waals surface area contributed by atoms with Crippen LogP contribution in [-0.2, 0) is 11.3 Å². The Kier molecular flexibility index (Phi) is 5.44. The average molecular weight is 308 g/mol. The maximum absolute atomic E-state index is 5.88. The molecule has 0 saturated carbocycles. The summed E-state index contributed by atoms with van der Waals surface area (Å²) in [6.07, 6.45) is 6.67. The van der Waals surface area contributed by atoms with Crippen molar-refractivity contribution in [3.05, 3.63) is 11.7 Å². The second-order valence-corrected chi connectivity index (χ2v) is 6.69. The molecule has 0 aromatic carbocycles. The van der Waals surface area contributed by atoms with E-state index in [9.17, 15) is 0 Å². The van der Waals surface area contributed by atoms with E-state index in [1.165, 1.54) is 32.1 Å². The van der Waals surface area contributed by atoms with Crippen LogP contribution in [0.15, 0.2) is 4.52 Å². The van der Waals surface area contributed by atoms with Crippen molar-refractivity contribution in [1.82, 2.24) is 19.9 Å². The summed E-state index contributed by atoms with van der Waals surface area (Å²) in [5.41, 5.74) is 0. The van der Waals surface area contributed by atoms with Gasteiger partial charge in [0.1, 0.15) is 0 Å². The van der Waals surface area contributed by atoms with E-state index in [0.717, 1.165) is 38.6 Å². The minimum atomic E-state index is 0.425. The Labute approximate surface area is 132 Å². The van der Waals surface area contributed by atoms with E-state index < -0.39 is 0 Å². The van der Waals surface area contributed by atoms with Crippen molar-refractivity contribution in [2.75, 3.05) is 33.3 Å². The second-order valence-electron chi connectivity index (χ2n) is 6.69. The molecular weight excluding hydrogens is 280 g/mol. The highest BCUT2D eigenvalue weighted by Gasteiger charge is 2.26. The summed E-state index contributed by atoms with van der Waals surface area (Å²) < 4.78 is 10.9. The largest absolute Gasteiger partial charge is 0.377 e. The highest BCUT2D eigenvalue weighted by molar-refractivity contribution is 4.87. The van der Waals surface area contributed by atoms with Crippen molar-refractivity contribution >= 4 is 0 Å². The third-order valence-electron chi connectivity index (χ3n) is 4.80. The van der Waals surface area contributed by atoms with Crippen molar-refractivity contribution in [2.24, 2.45) is 0 Å². The Hall–Kier alpha value is -0.980. The van der Waals surface area contributed by atoms with Gasteiger partial charge in [-0.05, 0) is 45.7 Å². The lowest BCUT2D eigenvalue weighted by molar-refractivity contribution is -0.0153. The van der Waals surface area contributed by atoms with Gasteiger partial charge >= 0.3 is 0 Å². The lowest BCUT2D eigenvalue weighted by Crippen LogP contribution is -2.48. The fourth-order valence-corrected chi connectivity index (χ4v) is 3.56. The van der Waals surface area contributed by atoms with Gasteiger partial charge in [-0.15, -0.1) is 0 Å². The maximum atomic E-state index is 5.88. The Morgan fingerprint density at radius 2 is 2.18 bits per heavy atom. The van der Waals surface area contributed by atoms with Gasteiger partial charge in [-0.25, -0.2) is 0 Å². The molecule has 0 N–H and O–H groups in total. The lowest BCUT2D eigenvalue weighted by Gasteiger charge is -2.39. The minimum Gasteiger partial charge on any atom is -0.377 e. The zero-order valence-electron chi connectivity index (χ0n) is 13.8. The van der Waals surface area contributed by atoms with Crippen molar-refractivity contribution in [3.63, 3.8) is 0 Å². The Morgan fingerprint density at radius 3 is 2.91 bits per heavy atom. The van der Waals surface area contributed by atoms with Gasteiger partial charge in [0, 0.05) is 32.7 Å². The molecule has 0 aliphatic carbocycles. The number of likely N-dealkylation sites (tertiary alicyclic amines) is 1. The third kappa shape index (κ3) is 4.27. The molecule has 0 unspecified atom stereocenters. The van der Waals surface area contributed by atoms with E-state index in [-0.39, 0.29) is 0 Å². The molecule has 6 nitrogen and oxygen atoms in total. The molecule has 2 aliphatic rings. The summed E-state index contributed by atoms with van der Waals surface area (Å²) in [6.45, 7) is 6.83. The maximum Gasteiger partial charge on any atom is 0.223 e. The van der Waals surface area contributed by atoms with Crippen LogP contribution in [0.3, 0.4) is 0 Å². The fraction of sp³-hybridized carbons (Fsp3) is 0.875. The van der Waals surface area contributed by atoms with Gasteiger partial charge in [0.15, 0.2) is 5.82 Å². The number of likely N-dealkylation sites (N-methyl/N-ethyl adjacent to an activating group) is 1. The van der Waals surface area contributed by atoms with Gasteiger partial charge in [0.2, 0.25) is 5.89 Å². The first-order valence-electron chi connectivity index (χ1n) is 8.54. The van der Waals surface area contributed by atoms with Crippen LogP contribution in [0.2, 0.25) is 0 Å². The predicted molar refractivity (Wildman–Crippen MR) is 83.6 cm³/mol. The fourth-order valence-electron chi connectivity index (χ4n) is 3.56. The van der Waals surface area contributed by atoms with Crippen molar-refractivity contribution in [3.8, 4) is 0 Å². The van der Waals surface area contributed by atoms with E-state index >= 15 is 0 Å². The first kappa shape index (κ1) is 15.9. The Bertz CT molecular complexity index is 459. The molecule has 0 radical (unpaired) electrons. The van der Waals surface area contributed by atoms with Gasteiger partial charge in [0.25, 0.3) is 0 Å². The van der Waals surface area contributed by atoms with Gasteiger partial charge in [-0.1, -0.05) is 5.16 Å². The standard InChI is InChI=1S/C16H28N4O2/c1-13-17-16(18-22-13)12-20-8-5-6-14(10-20)19(2)11-15-7-3-4-9-21-15/h14-15H,3-12H2,1-2H3/t14-,15+/m1/s1. The molecular formula is C16H28N4O2. The van der Waals surface area contributed by atoms with Crippen LogP contribution >= 0.6 is 0 Å². The summed E-state index contributed by atoms with van der Waals surface area (Å²) in [5.74, 6) is 1.45. The van der Waals surface area contributed by atoms with Crippen LogP contribution in [0, 0.1) is 6.92 Å². The van der Waals surface area contributed by atoms with Gasteiger partial charge in [-0.2, -0.15) is 4.98 Å². The first-order chi connectivity index (χ1) is 10.7. The average Bonchev–Trinajstić information content (AvgIpc) is 2.93. The number of nitrogens with zero attached hydrogens (tertiary/aromatic N) is 4. The molecule has 0 spiro atoms. The van der Waals surface area contributed by atoms with Gasteiger partial charge in [-0.3, -0.25) is 9.80 Å². The third-order valence-corrected chi connectivity index (χ3v) is 4.80. The van der Waals surface area contributed by atoms with Crippen LogP contribution in [0.1, 0.15) is 43.8 Å². The van der Waals surface area contributed by atoms with Gasteiger partial charge in [0.05, 0.1) is 12.6 Å². The Balaban J connectivity index is 1.48. The first-order valence-corrected chi connectivity index (χ1v) is 8.54. The molecule has 0 amide bonds. The van der Waals surface area contributed by atoms with Crippen LogP contribution in [-0.4, -0.2) is 65.4 Å². The highest BCUT2D eigenvalue weighted by Crippen LogP contribution is 2.19. The van der Waals surface area contributed by atoms with Crippen molar-refractivity contribution in [2.45, 2.75) is 57.7 Å². The second kappa shape index (κ2) is 7.53. The zero-order valence-corrected chi connectivity index (χ0v) is 13.8. The molecule has 6 heteroatoms. The molecule has 2 fully saturated rings. The number of hydrogen-bond acceptors (Lipinski definition) is 6. The van der Waals surface area contributed by atoms with Crippen LogP contribution in [0.4, 0.5) is 0 Å². The molecule has 124 valence electrons. The molecule has 0 bridgehead atoms. The number of hydrogen-bond donors (Lipinski definition) is 0. The topological polar surface area (TPSA) is 54.6 Å². The SMILES string of the molecule is Cc1nc(CN2CCC[C@@H](N(C)C[C@@H]3CCCCO3)C2)no1. The van der Waals surface area contributed by atoms with E-state index in [2.05, 4.69) is 27.0 Å². The monoisotopic (exact) mass is 308 g/mol. The van der Waals surface area contributed by atoms with Crippen LogP contribution < -0.4 is 0 Å². The molecule has 22 heavy (non-hydrogen) atoms. The quantitative estimate of drug-likeness (QED) is 0.827. The van der Waals surface area contributed by atoms with Gasteiger partial charge < -0.3 is 9.26 Å². The van der Waals surface area contributed by atoms with E-state index in [4.69, 9.17) is 9.26 Å². The molecule has 1 aromatic heterocycles. The van der Waals surface area contributed by atoms with E-state index in [1.807, 2.05) is 6.92 Å². The summed E-state index contributed by atoms with van der Waals surface area (Å²) in [4.78, 5) is 9.25. The van der Waals surface area contributed by atoms with Crippen molar-refractivity contribution in [1.29, 1.82) is 0 Å². The van der Waals surface area contributed by atoms with E-state index in [1.54, 1.807) is 0 Å². The molecule has 3 heterocycles. The van der Waals surface area contributed by atoms with Crippen molar-refractivity contribution < 1.29 is 9.26 Å². The summed E-state index contributed by atoms with van der Waals surface area (Å²) in [5, 5.41) is 4.01. The number of piperidine rings is 1. The minimum absolute atomic E-state index is 0.425. The smallest absolute Gasteiger partial charge is 0.223 e. The summed E-state index contributed by atoms with van der Waals surface area (Å²) >= 11 is 0. The lowest BCUT2D eigenvalue weighted by atomic mass is 10.0. The molecule has 2 saturated heterocycles. The number of ether oxygens (including phenoxy) is 1. The number of aryl methyl sites for hydroxylation is 1. The summed E-state index contributed by atoms with van der Waals surface area (Å²) in [6, 6.07) is 0.604. The van der Waals surface area contributed by atoms with Crippen LogP contribution in [0.25, 0.3) is 0 Å². The Morgan fingerprint density at radius 1 is 1.27 bits per heavy atom. The molecule has 2 aliphatic heterocycles. The predicted octanol–water partition coefficient (Wildman–Crippen LogP) is 1.84. The molecule has 2 atom stereocenters. The highest BCUT2D eigenvalue weighted by atomic mass is 16.5. The molecule has 3 rings (SSSR count). The summed E-state index contributed by atoms with van der Waals surface area (Å²) in [7, 11) is 2.24. The zero-order chi connectivity index (χ0) is 15.4. The number of aromatic nitrogens is 2. The number of rotatable bonds is 5. The normalized spacial score (nSPS) is 27.4. The van der Waals surface area contributed by atoms with Crippen LogP contribution in [0.5, 0.6) is 0 Å². The molecule has 1 aromatic rings. The van der Waals surface area contributed by atoms with E-state index in [0.29, 0.717) is 18.0 Å².